The average Bonchev–Trinajstić information content (AvgIpc) is 1.88. The van der Waals surface area contributed by atoms with Crippen LogP contribution in [0.2, 0.25) is 0 Å². The molecule has 0 aliphatic rings. The summed E-state index contributed by atoms with van der Waals surface area (Å²) < 4.78 is 2.02. The molecule has 0 spiro atoms. The maximum atomic E-state index is 2.08. The lowest BCUT2D eigenvalue weighted by molar-refractivity contribution is -0.671. The second kappa shape index (κ2) is 3.96. The summed E-state index contributed by atoms with van der Waals surface area (Å²) in [5.74, 6) is 0. The van der Waals surface area contributed by atoms with Crippen LogP contribution in [-0.2, 0) is 7.05 Å². The van der Waals surface area contributed by atoms with Gasteiger partial charge in [-0.2, -0.15) is 0 Å². The molecular weight excluding hydrogens is 136 g/mol. The van der Waals surface area contributed by atoms with Gasteiger partial charge in [-0.15, -0.1) is 0 Å². The summed E-state index contributed by atoms with van der Waals surface area (Å²) in [5, 5.41) is 0. The molecule has 0 fully saturated rings. The molecule has 0 aromatic carbocycles. The van der Waals surface area contributed by atoms with Crippen molar-refractivity contribution in [3.8, 4) is 0 Å². The van der Waals surface area contributed by atoms with E-state index in [-0.39, 0.29) is 7.43 Å². The molecule has 0 atom stereocenters. The first-order valence-corrected chi connectivity index (χ1v) is 3.33. The summed E-state index contributed by atoms with van der Waals surface area (Å²) in [4.78, 5) is 2.08. The normalized spacial score (nSPS) is 8.64. The highest BCUT2D eigenvalue weighted by atomic mass is 15.1. The molecular formula is C9H17N2+. The Bertz CT molecular complexity index is 201. The van der Waals surface area contributed by atoms with Crippen LogP contribution in [0.3, 0.4) is 0 Å². The lowest BCUT2D eigenvalue weighted by Crippen LogP contribution is -2.26. The fourth-order valence-electron chi connectivity index (χ4n) is 0.791. The molecule has 0 N–H and O–H groups in total. The van der Waals surface area contributed by atoms with Crippen LogP contribution in [0.25, 0.3) is 0 Å². The Kier molecular flexibility index (Phi) is 3.58. The van der Waals surface area contributed by atoms with Crippen molar-refractivity contribution in [3.05, 3.63) is 24.5 Å². The van der Waals surface area contributed by atoms with Gasteiger partial charge in [-0.1, -0.05) is 7.43 Å². The van der Waals surface area contributed by atoms with Gasteiger partial charge < -0.3 is 4.90 Å². The van der Waals surface area contributed by atoms with Gasteiger partial charge in [0.05, 0.1) is 0 Å². The Hall–Kier alpha value is -1.05. The van der Waals surface area contributed by atoms with E-state index in [0.29, 0.717) is 0 Å². The highest BCUT2D eigenvalue weighted by molar-refractivity contribution is 5.41. The van der Waals surface area contributed by atoms with E-state index in [0.717, 1.165) is 0 Å². The lowest BCUT2D eigenvalue weighted by Gasteiger charge is -2.09. The van der Waals surface area contributed by atoms with Crippen LogP contribution in [0, 0.1) is 0 Å². The number of nitrogens with zero attached hydrogens (tertiary/aromatic N) is 2. The van der Waals surface area contributed by atoms with Gasteiger partial charge in [-0.3, -0.25) is 0 Å². The zero-order valence-corrected chi connectivity index (χ0v) is 6.70. The quantitative estimate of drug-likeness (QED) is 0.550. The fourth-order valence-corrected chi connectivity index (χ4v) is 0.791. The third-order valence-electron chi connectivity index (χ3n) is 1.48. The number of anilines is 1. The average molecular weight is 153 g/mol. The van der Waals surface area contributed by atoms with E-state index >= 15 is 0 Å². The van der Waals surface area contributed by atoms with Crippen LogP contribution in [0.15, 0.2) is 24.5 Å². The third-order valence-corrected chi connectivity index (χ3v) is 1.48. The Balaban J connectivity index is 0.000001000. The number of aromatic nitrogens is 1. The largest absolute Gasteiger partial charge is 0.377 e. The molecule has 1 aromatic rings. The van der Waals surface area contributed by atoms with Gasteiger partial charge in [0.25, 0.3) is 0 Å². The molecule has 0 bridgehead atoms. The zero-order valence-electron chi connectivity index (χ0n) is 6.70. The van der Waals surface area contributed by atoms with E-state index in [9.17, 15) is 0 Å². The van der Waals surface area contributed by atoms with Crippen molar-refractivity contribution in [2.75, 3.05) is 19.0 Å². The highest BCUT2D eigenvalue weighted by Gasteiger charge is 1.95. The Morgan fingerprint density at radius 2 is 1.64 bits per heavy atom. The van der Waals surface area contributed by atoms with Crippen molar-refractivity contribution in [3.63, 3.8) is 0 Å². The van der Waals surface area contributed by atoms with Gasteiger partial charge in [0.1, 0.15) is 7.05 Å². The standard InChI is InChI=1S/C8H13N2.CH4/c1-9(2)8-4-6-10(3)7-5-8;/h4-7H,1-3H3;1H4/q+1;. The SMILES string of the molecule is C.CN(C)c1cc[n+](C)cc1. The second-order valence-electron chi connectivity index (χ2n) is 2.62. The summed E-state index contributed by atoms with van der Waals surface area (Å²) in [6.07, 6.45) is 4.07. The summed E-state index contributed by atoms with van der Waals surface area (Å²) in [5.41, 5.74) is 1.23. The Labute approximate surface area is 69.1 Å². The van der Waals surface area contributed by atoms with Gasteiger partial charge in [0.15, 0.2) is 12.4 Å². The molecule has 0 radical (unpaired) electrons. The van der Waals surface area contributed by atoms with Crippen molar-refractivity contribution in [1.29, 1.82) is 0 Å². The predicted octanol–water partition coefficient (Wildman–Crippen LogP) is 1.21. The Morgan fingerprint density at radius 3 is 2.00 bits per heavy atom. The summed E-state index contributed by atoms with van der Waals surface area (Å²) >= 11 is 0. The van der Waals surface area contributed by atoms with E-state index in [1.165, 1.54) is 5.69 Å². The van der Waals surface area contributed by atoms with Gasteiger partial charge in [-0.05, 0) is 0 Å². The minimum absolute atomic E-state index is 0. The minimum Gasteiger partial charge on any atom is -0.377 e. The topological polar surface area (TPSA) is 7.12 Å². The van der Waals surface area contributed by atoms with Gasteiger partial charge in [0, 0.05) is 31.9 Å². The van der Waals surface area contributed by atoms with E-state index in [1.807, 2.05) is 38.1 Å². The van der Waals surface area contributed by atoms with Crippen LogP contribution in [0.5, 0.6) is 0 Å². The second-order valence-corrected chi connectivity index (χ2v) is 2.62. The summed E-state index contributed by atoms with van der Waals surface area (Å²) in [7, 11) is 6.09. The van der Waals surface area contributed by atoms with Gasteiger partial charge in [-0.25, -0.2) is 4.57 Å². The maximum Gasteiger partial charge on any atom is 0.170 e. The molecule has 0 saturated heterocycles. The number of aryl methyl sites for hydroxylation is 1. The van der Waals surface area contributed by atoms with E-state index in [1.54, 1.807) is 0 Å². The molecule has 62 valence electrons. The molecule has 0 aliphatic heterocycles. The first kappa shape index (κ1) is 9.95. The molecule has 1 aromatic heterocycles. The molecule has 0 amide bonds. The van der Waals surface area contributed by atoms with Crippen molar-refractivity contribution < 1.29 is 4.57 Å². The van der Waals surface area contributed by atoms with Crippen molar-refractivity contribution in [1.82, 2.24) is 0 Å². The number of rotatable bonds is 1. The van der Waals surface area contributed by atoms with Gasteiger partial charge in [0.2, 0.25) is 0 Å². The monoisotopic (exact) mass is 153 g/mol. The third kappa shape index (κ3) is 2.58. The molecule has 0 saturated carbocycles. The van der Waals surface area contributed by atoms with Crippen LogP contribution in [-0.4, -0.2) is 14.1 Å². The fraction of sp³-hybridized carbons (Fsp3) is 0.444. The summed E-state index contributed by atoms with van der Waals surface area (Å²) in [6, 6.07) is 4.17. The number of hydrogen-bond donors (Lipinski definition) is 0. The van der Waals surface area contributed by atoms with Crippen LogP contribution < -0.4 is 9.47 Å². The first-order chi connectivity index (χ1) is 4.70. The van der Waals surface area contributed by atoms with Gasteiger partial charge >= 0.3 is 0 Å². The predicted molar refractivity (Wildman–Crippen MR) is 48.7 cm³/mol. The van der Waals surface area contributed by atoms with Crippen LogP contribution >= 0.6 is 0 Å². The highest BCUT2D eigenvalue weighted by Crippen LogP contribution is 2.04. The lowest BCUT2D eigenvalue weighted by atomic mass is 10.4. The number of hydrogen-bond acceptors (Lipinski definition) is 1. The van der Waals surface area contributed by atoms with Crippen molar-refractivity contribution in [2.45, 2.75) is 7.43 Å². The van der Waals surface area contributed by atoms with Crippen LogP contribution in [0.4, 0.5) is 5.69 Å². The molecule has 2 nitrogen and oxygen atoms in total. The number of pyridine rings is 1. The zero-order chi connectivity index (χ0) is 7.56. The molecule has 11 heavy (non-hydrogen) atoms. The van der Waals surface area contributed by atoms with E-state index in [4.69, 9.17) is 0 Å². The first-order valence-electron chi connectivity index (χ1n) is 3.33. The molecule has 0 unspecified atom stereocenters. The molecule has 2 heteroatoms. The Morgan fingerprint density at radius 1 is 1.18 bits per heavy atom. The summed E-state index contributed by atoms with van der Waals surface area (Å²) in [6.45, 7) is 0. The molecule has 1 heterocycles. The molecule has 1 rings (SSSR count). The molecule has 0 aliphatic carbocycles. The maximum absolute atomic E-state index is 2.08. The van der Waals surface area contributed by atoms with E-state index < -0.39 is 0 Å². The van der Waals surface area contributed by atoms with Crippen molar-refractivity contribution >= 4 is 5.69 Å². The van der Waals surface area contributed by atoms with Crippen molar-refractivity contribution in [2.24, 2.45) is 7.05 Å². The van der Waals surface area contributed by atoms with Crippen LogP contribution in [0.1, 0.15) is 7.43 Å². The smallest absolute Gasteiger partial charge is 0.170 e. The minimum atomic E-state index is 0. The van der Waals surface area contributed by atoms with E-state index in [2.05, 4.69) is 17.0 Å².